The molecule has 1 aromatic rings. The van der Waals surface area contributed by atoms with Crippen LogP contribution in [0.2, 0.25) is 0 Å². The summed E-state index contributed by atoms with van der Waals surface area (Å²) in [6.45, 7) is 3.31. The van der Waals surface area contributed by atoms with E-state index in [4.69, 9.17) is 5.73 Å². The zero-order chi connectivity index (χ0) is 13.0. The third-order valence-electron chi connectivity index (χ3n) is 3.41. The van der Waals surface area contributed by atoms with Crippen molar-refractivity contribution in [2.24, 2.45) is 5.92 Å². The van der Waals surface area contributed by atoms with Crippen molar-refractivity contribution in [1.82, 2.24) is 14.9 Å². The van der Waals surface area contributed by atoms with Crippen LogP contribution >= 0.6 is 0 Å². The van der Waals surface area contributed by atoms with Gasteiger partial charge in [0.25, 0.3) is 0 Å². The summed E-state index contributed by atoms with van der Waals surface area (Å²) in [5, 5.41) is 6.33. The highest BCUT2D eigenvalue weighted by molar-refractivity contribution is 5.50. The van der Waals surface area contributed by atoms with Gasteiger partial charge >= 0.3 is 0 Å². The minimum atomic E-state index is 0.299. The van der Waals surface area contributed by atoms with Crippen molar-refractivity contribution in [3.8, 4) is 0 Å². The maximum atomic E-state index is 5.65. The van der Waals surface area contributed by atoms with Gasteiger partial charge in [-0.1, -0.05) is 0 Å². The molecular weight excluding hydrogens is 228 g/mol. The van der Waals surface area contributed by atoms with Gasteiger partial charge in [-0.2, -0.15) is 9.97 Å². The molecule has 0 saturated carbocycles. The normalized spacial score (nSPS) is 17.7. The SMILES string of the molecule is CNc1cc(NCC2CCN(C)CC2)nc(N)n1. The topological polar surface area (TPSA) is 79.1 Å². The zero-order valence-electron chi connectivity index (χ0n) is 11.1. The summed E-state index contributed by atoms with van der Waals surface area (Å²) < 4.78 is 0. The van der Waals surface area contributed by atoms with Crippen LogP contribution in [0.25, 0.3) is 0 Å². The number of hydrogen-bond acceptors (Lipinski definition) is 6. The molecule has 0 radical (unpaired) electrons. The van der Waals surface area contributed by atoms with E-state index in [9.17, 15) is 0 Å². The fourth-order valence-corrected chi connectivity index (χ4v) is 2.20. The summed E-state index contributed by atoms with van der Waals surface area (Å²) >= 11 is 0. The average molecular weight is 250 g/mol. The van der Waals surface area contributed by atoms with Gasteiger partial charge in [0.15, 0.2) is 0 Å². The van der Waals surface area contributed by atoms with Gasteiger partial charge in [-0.05, 0) is 38.9 Å². The Morgan fingerprint density at radius 2 is 2.00 bits per heavy atom. The fraction of sp³-hybridized carbons (Fsp3) is 0.667. The quantitative estimate of drug-likeness (QED) is 0.735. The Morgan fingerprint density at radius 1 is 1.33 bits per heavy atom. The lowest BCUT2D eigenvalue weighted by Crippen LogP contribution is -2.33. The number of nitrogens with one attached hydrogen (secondary N) is 2. The molecule has 1 saturated heterocycles. The lowest BCUT2D eigenvalue weighted by atomic mass is 9.97. The van der Waals surface area contributed by atoms with E-state index >= 15 is 0 Å². The summed E-state index contributed by atoms with van der Waals surface area (Å²) in [4.78, 5) is 10.6. The van der Waals surface area contributed by atoms with Crippen molar-refractivity contribution in [1.29, 1.82) is 0 Å². The molecule has 1 fully saturated rings. The molecule has 2 heterocycles. The van der Waals surface area contributed by atoms with Gasteiger partial charge in [-0.25, -0.2) is 0 Å². The first-order chi connectivity index (χ1) is 8.67. The predicted octanol–water partition coefficient (Wildman–Crippen LogP) is 0.854. The molecule has 6 nitrogen and oxygen atoms in total. The van der Waals surface area contributed by atoms with Gasteiger partial charge in [0.2, 0.25) is 5.95 Å². The average Bonchev–Trinajstić information content (AvgIpc) is 2.37. The Kier molecular flexibility index (Phi) is 4.19. The van der Waals surface area contributed by atoms with E-state index in [1.807, 2.05) is 13.1 Å². The Labute approximate surface area is 108 Å². The first kappa shape index (κ1) is 12.9. The van der Waals surface area contributed by atoms with Crippen LogP contribution in [-0.4, -0.2) is 48.6 Å². The molecule has 1 aliphatic heterocycles. The molecular formula is C12H22N6. The summed E-state index contributed by atoms with van der Waals surface area (Å²) in [6.07, 6.45) is 2.48. The second-order valence-corrected chi connectivity index (χ2v) is 4.87. The van der Waals surface area contributed by atoms with Crippen LogP contribution in [0.4, 0.5) is 17.6 Å². The minimum Gasteiger partial charge on any atom is -0.373 e. The summed E-state index contributed by atoms with van der Waals surface area (Å²) in [5.74, 6) is 2.56. The standard InChI is InChI=1S/C12H22N6/c1-14-10-7-11(17-12(13)16-10)15-8-9-3-5-18(2)6-4-9/h7,9H,3-6,8H2,1-2H3,(H4,13,14,15,16,17). The highest BCUT2D eigenvalue weighted by atomic mass is 15.1. The highest BCUT2D eigenvalue weighted by Gasteiger charge is 2.16. The lowest BCUT2D eigenvalue weighted by Gasteiger charge is -2.29. The summed E-state index contributed by atoms with van der Waals surface area (Å²) in [5.41, 5.74) is 5.65. The van der Waals surface area contributed by atoms with E-state index in [1.165, 1.54) is 25.9 Å². The molecule has 6 heteroatoms. The van der Waals surface area contributed by atoms with Crippen molar-refractivity contribution in [3.63, 3.8) is 0 Å². The molecule has 0 aliphatic carbocycles. The molecule has 4 N–H and O–H groups in total. The largest absolute Gasteiger partial charge is 0.373 e. The molecule has 0 unspecified atom stereocenters. The minimum absolute atomic E-state index is 0.299. The maximum absolute atomic E-state index is 5.65. The second kappa shape index (κ2) is 5.86. The van der Waals surface area contributed by atoms with E-state index in [0.717, 1.165) is 24.1 Å². The van der Waals surface area contributed by atoms with E-state index in [0.29, 0.717) is 5.95 Å². The van der Waals surface area contributed by atoms with Crippen LogP contribution in [0.5, 0.6) is 0 Å². The van der Waals surface area contributed by atoms with Crippen LogP contribution in [-0.2, 0) is 0 Å². The number of nitrogens with zero attached hydrogens (tertiary/aromatic N) is 3. The molecule has 2 rings (SSSR count). The van der Waals surface area contributed by atoms with Crippen LogP contribution in [0, 0.1) is 5.92 Å². The maximum Gasteiger partial charge on any atom is 0.223 e. The molecule has 1 aromatic heterocycles. The van der Waals surface area contributed by atoms with Crippen molar-refractivity contribution in [2.45, 2.75) is 12.8 Å². The van der Waals surface area contributed by atoms with Gasteiger partial charge < -0.3 is 21.3 Å². The van der Waals surface area contributed by atoms with Crippen LogP contribution in [0.1, 0.15) is 12.8 Å². The molecule has 0 aromatic carbocycles. The smallest absolute Gasteiger partial charge is 0.223 e. The highest BCUT2D eigenvalue weighted by Crippen LogP contribution is 2.18. The van der Waals surface area contributed by atoms with Gasteiger partial charge in [0.05, 0.1) is 0 Å². The van der Waals surface area contributed by atoms with Gasteiger partial charge in [0.1, 0.15) is 11.6 Å². The van der Waals surface area contributed by atoms with Gasteiger partial charge in [-0.15, -0.1) is 0 Å². The number of rotatable bonds is 4. The van der Waals surface area contributed by atoms with E-state index < -0.39 is 0 Å². The molecule has 0 spiro atoms. The van der Waals surface area contributed by atoms with Gasteiger partial charge in [0, 0.05) is 19.7 Å². The molecule has 0 atom stereocenters. The van der Waals surface area contributed by atoms with E-state index in [2.05, 4.69) is 32.5 Å². The third kappa shape index (κ3) is 3.46. The zero-order valence-corrected chi connectivity index (χ0v) is 11.1. The molecule has 18 heavy (non-hydrogen) atoms. The summed E-state index contributed by atoms with van der Waals surface area (Å²) in [7, 11) is 4.00. The van der Waals surface area contributed by atoms with Crippen molar-refractivity contribution >= 4 is 17.6 Å². The molecule has 100 valence electrons. The number of likely N-dealkylation sites (tertiary alicyclic amines) is 1. The number of aromatic nitrogens is 2. The fourth-order valence-electron chi connectivity index (χ4n) is 2.20. The Bertz CT molecular complexity index is 386. The van der Waals surface area contributed by atoms with Gasteiger partial charge in [-0.3, -0.25) is 0 Å². The first-order valence-corrected chi connectivity index (χ1v) is 6.42. The number of anilines is 3. The van der Waals surface area contributed by atoms with Crippen LogP contribution in [0.15, 0.2) is 6.07 Å². The number of hydrogen-bond donors (Lipinski definition) is 3. The molecule has 0 bridgehead atoms. The number of nitrogen functional groups attached to an aromatic ring is 1. The number of nitrogens with two attached hydrogens (primary N) is 1. The monoisotopic (exact) mass is 250 g/mol. The first-order valence-electron chi connectivity index (χ1n) is 6.42. The molecule has 1 aliphatic rings. The predicted molar refractivity (Wildman–Crippen MR) is 74.7 cm³/mol. The molecule has 0 amide bonds. The van der Waals surface area contributed by atoms with Crippen LogP contribution < -0.4 is 16.4 Å². The Hall–Kier alpha value is -1.56. The van der Waals surface area contributed by atoms with E-state index in [1.54, 1.807) is 0 Å². The second-order valence-electron chi connectivity index (χ2n) is 4.87. The van der Waals surface area contributed by atoms with Crippen LogP contribution in [0.3, 0.4) is 0 Å². The Balaban J connectivity index is 1.88. The number of piperidine rings is 1. The lowest BCUT2D eigenvalue weighted by molar-refractivity contribution is 0.226. The van der Waals surface area contributed by atoms with Crippen molar-refractivity contribution < 1.29 is 0 Å². The van der Waals surface area contributed by atoms with E-state index in [-0.39, 0.29) is 0 Å². The Morgan fingerprint density at radius 3 is 2.67 bits per heavy atom. The van der Waals surface area contributed by atoms with Crippen molar-refractivity contribution in [2.75, 3.05) is 50.1 Å². The summed E-state index contributed by atoms with van der Waals surface area (Å²) in [6, 6.07) is 1.88. The third-order valence-corrected chi connectivity index (χ3v) is 3.41. The van der Waals surface area contributed by atoms with Crippen molar-refractivity contribution in [3.05, 3.63) is 6.07 Å².